The van der Waals surface area contributed by atoms with Crippen LogP contribution in [0.25, 0.3) is 0 Å². The molecule has 1 heterocycles. The second-order valence-electron chi connectivity index (χ2n) is 8.91. The Kier molecular flexibility index (Phi) is 10.0. The van der Waals surface area contributed by atoms with Gasteiger partial charge >= 0.3 is 0 Å². The molecule has 3 unspecified atom stereocenters. The molecule has 0 saturated carbocycles. The molecule has 0 spiro atoms. The van der Waals surface area contributed by atoms with Crippen LogP contribution in [0.4, 0.5) is 5.69 Å². The lowest BCUT2D eigenvalue weighted by molar-refractivity contribution is -0.139. The van der Waals surface area contributed by atoms with E-state index >= 15 is 0 Å². The minimum absolute atomic E-state index is 0.0509. The minimum atomic E-state index is -1.01. The Bertz CT molecular complexity index is 952. The van der Waals surface area contributed by atoms with Crippen LogP contribution in [-0.4, -0.2) is 70.9 Å². The monoisotopic (exact) mass is 490 g/mol. The summed E-state index contributed by atoms with van der Waals surface area (Å²) in [6.07, 6.45) is 1.31. The highest BCUT2D eigenvalue weighted by Gasteiger charge is 2.36. The lowest BCUT2D eigenvalue weighted by Crippen LogP contribution is -2.56. The van der Waals surface area contributed by atoms with Crippen LogP contribution in [0.2, 0.25) is 0 Å². The fourth-order valence-corrected chi connectivity index (χ4v) is 3.84. The second-order valence-corrected chi connectivity index (χ2v) is 8.91. The van der Waals surface area contributed by atoms with E-state index in [0.717, 1.165) is 0 Å². The van der Waals surface area contributed by atoms with Crippen molar-refractivity contribution in [1.29, 1.82) is 0 Å². The Labute approximate surface area is 203 Å². The highest BCUT2D eigenvalue weighted by atomic mass is 16.5. The van der Waals surface area contributed by atoms with Gasteiger partial charge in [0.1, 0.15) is 18.1 Å². The van der Waals surface area contributed by atoms with Crippen molar-refractivity contribution in [2.75, 3.05) is 18.8 Å². The van der Waals surface area contributed by atoms with Gasteiger partial charge in [-0.2, -0.15) is 0 Å². The molecule has 1 aliphatic heterocycles. The average molecular weight is 491 g/mol. The van der Waals surface area contributed by atoms with Crippen molar-refractivity contribution >= 4 is 35.2 Å². The Morgan fingerprint density at radius 3 is 2.40 bits per heavy atom. The van der Waals surface area contributed by atoms with Gasteiger partial charge in [0.05, 0.1) is 12.1 Å². The van der Waals surface area contributed by atoms with Gasteiger partial charge < -0.3 is 26.6 Å². The molecular formula is C23H34N6O6. The predicted octanol–water partition coefficient (Wildman–Crippen LogP) is -0.469. The molecule has 0 aliphatic carbocycles. The summed E-state index contributed by atoms with van der Waals surface area (Å²) in [6.45, 7) is 5.19. The summed E-state index contributed by atoms with van der Waals surface area (Å²) < 4.78 is 0. The molecule has 2 rings (SSSR count). The van der Waals surface area contributed by atoms with Crippen molar-refractivity contribution in [1.82, 2.24) is 26.3 Å². The molecule has 3 atom stereocenters. The fourth-order valence-electron chi connectivity index (χ4n) is 3.84. The number of nitrogens with one attached hydrogen (secondary N) is 4. The van der Waals surface area contributed by atoms with Crippen LogP contribution < -0.4 is 27.2 Å². The number of likely N-dealkylation sites (tertiary alicyclic amines) is 1. The zero-order valence-corrected chi connectivity index (χ0v) is 20.2. The van der Waals surface area contributed by atoms with Gasteiger partial charge in [0.2, 0.25) is 17.7 Å². The lowest BCUT2D eigenvalue weighted by atomic mass is 10.0. The molecule has 1 aliphatic rings. The van der Waals surface area contributed by atoms with E-state index in [1.165, 1.54) is 17.3 Å². The highest BCUT2D eigenvalue weighted by Crippen LogP contribution is 2.18. The van der Waals surface area contributed by atoms with E-state index in [9.17, 15) is 24.0 Å². The first-order chi connectivity index (χ1) is 16.5. The van der Waals surface area contributed by atoms with E-state index in [2.05, 4.69) is 16.0 Å². The molecule has 192 valence electrons. The number of nitrogens with zero attached hydrogens (tertiary/aromatic N) is 1. The number of hydrogen-bond acceptors (Lipinski definition) is 7. The van der Waals surface area contributed by atoms with Crippen molar-refractivity contribution in [2.24, 2.45) is 5.92 Å². The smallest absolute Gasteiger partial charge is 0.265 e. The van der Waals surface area contributed by atoms with E-state index in [-0.39, 0.29) is 23.7 Å². The molecule has 1 fully saturated rings. The summed E-state index contributed by atoms with van der Waals surface area (Å²) in [7, 11) is 0. The summed E-state index contributed by atoms with van der Waals surface area (Å²) in [5.74, 6) is -2.73. The van der Waals surface area contributed by atoms with Gasteiger partial charge in [0.15, 0.2) is 0 Å². The van der Waals surface area contributed by atoms with Crippen molar-refractivity contribution in [3.8, 4) is 0 Å². The van der Waals surface area contributed by atoms with Gasteiger partial charge in [0.25, 0.3) is 11.8 Å². The van der Waals surface area contributed by atoms with E-state index in [1.54, 1.807) is 24.3 Å². The number of carbonyl (C=O) groups is 5. The molecular weight excluding hydrogens is 456 g/mol. The zero-order chi connectivity index (χ0) is 26.1. The molecule has 5 amide bonds. The lowest BCUT2D eigenvalue weighted by Gasteiger charge is -2.27. The molecule has 1 aromatic carbocycles. The molecule has 1 saturated heterocycles. The van der Waals surface area contributed by atoms with Gasteiger partial charge in [-0.25, -0.2) is 5.48 Å². The second kappa shape index (κ2) is 12.7. The number of hydroxylamine groups is 1. The summed E-state index contributed by atoms with van der Waals surface area (Å²) >= 11 is 0. The molecule has 12 heteroatoms. The first-order valence-corrected chi connectivity index (χ1v) is 11.5. The molecule has 0 radical (unpaired) electrons. The maximum Gasteiger partial charge on any atom is 0.265 e. The fraction of sp³-hybridized carbons (Fsp3) is 0.522. The summed E-state index contributed by atoms with van der Waals surface area (Å²) in [5.41, 5.74) is 7.80. The number of nitrogens with two attached hydrogens (primary N) is 1. The van der Waals surface area contributed by atoms with E-state index in [0.29, 0.717) is 25.8 Å². The zero-order valence-electron chi connectivity index (χ0n) is 20.2. The first-order valence-electron chi connectivity index (χ1n) is 11.5. The van der Waals surface area contributed by atoms with Crippen LogP contribution >= 0.6 is 0 Å². The maximum atomic E-state index is 13.0. The Morgan fingerprint density at radius 1 is 1.09 bits per heavy atom. The number of benzene rings is 1. The van der Waals surface area contributed by atoms with Gasteiger partial charge in [-0.05, 0) is 44.2 Å². The van der Waals surface area contributed by atoms with Crippen molar-refractivity contribution in [2.45, 2.75) is 58.2 Å². The maximum absolute atomic E-state index is 13.0. The van der Waals surface area contributed by atoms with Crippen molar-refractivity contribution in [3.63, 3.8) is 0 Å². The number of carbonyl (C=O) groups excluding carboxylic acids is 5. The average Bonchev–Trinajstić information content (AvgIpc) is 3.31. The first kappa shape index (κ1) is 27.6. The van der Waals surface area contributed by atoms with Crippen LogP contribution in [0.15, 0.2) is 24.3 Å². The largest absolute Gasteiger partial charge is 0.398 e. The quantitative estimate of drug-likeness (QED) is 0.145. The molecule has 0 bridgehead atoms. The van der Waals surface area contributed by atoms with Crippen LogP contribution in [0.3, 0.4) is 0 Å². The Morgan fingerprint density at radius 2 is 1.77 bits per heavy atom. The van der Waals surface area contributed by atoms with Crippen LogP contribution in [0, 0.1) is 5.92 Å². The van der Waals surface area contributed by atoms with E-state index < -0.39 is 47.7 Å². The van der Waals surface area contributed by atoms with Crippen LogP contribution in [-0.2, 0) is 19.2 Å². The minimum Gasteiger partial charge on any atom is -0.398 e. The summed E-state index contributed by atoms with van der Waals surface area (Å²) in [6, 6.07) is 3.75. The van der Waals surface area contributed by atoms with Gasteiger partial charge in [0, 0.05) is 12.2 Å². The third-order valence-electron chi connectivity index (χ3n) is 5.68. The Hall–Kier alpha value is -3.67. The number of amides is 5. The predicted molar refractivity (Wildman–Crippen MR) is 127 cm³/mol. The topological polar surface area (TPSA) is 183 Å². The SMILES string of the molecule is CC(C)CC(NC(=O)C1CCCN1C(=O)CNC(=O)c1ccccc1N)C(=O)NC(C)C(=O)NO. The normalized spacial score (nSPS) is 16.8. The molecule has 0 aromatic heterocycles. The van der Waals surface area contributed by atoms with Crippen LogP contribution in [0.5, 0.6) is 0 Å². The number of para-hydroxylation sites is 1. The molecule has 7 N–H and O–H groups in total. The molecule has 35 heavy (non-hydrogen) atoms. The van der Waals surface area contributed by atoms with Crippen LogP contribution in [0.1, 0.15) is 50.4 Å². The number of hydrogen-bond donors (Lipinski definition) is 6. The van der Waals surface area contributed by atoms with Crippen molar-refractivity contribution in [3.05, 3.63) is 29.8 Å². The molecule has 1 aromatic rings. The third kappa shape index (κ3) is 7.67. The number of rotatable bonds is 10. The standard InChI is InChI=1S/C23H34N6O6/c1-13(2)11-17(22(33)26-14(3)20(31)28-35)27-23(34)18-9-6-10-29(18)19(30)12-25-21(32)15-7-4-5-8-16(15)24/h4-5,7-8,13-14,17-18,35H,6,9-12,24H2,1-3H3,(H,25,32)(H,26,33)(H,27,34)(H,28,31). The van der Waals surface area contributed by atoms with E-state index in [4.69, 9.17) is 10.9 Å². The number of anilines is 1. The van der Waals surface area contributed by atoms with Gasteiger partial charge in [-0.1, -0.05) is 26.0 Å². The van der Waals surface area contributed by atoms with Gasteiger partial charge in [-0.3, -0.25) is 29.2 Å². The van der Waals surface area contributed by atoms with Crippen molar-refractivity contribution < 1.29 is 29.2 Å². The summed E-state index contributed by atoms with van der Waals surface area (Å²) in [5, 5.41) is 16.4. The summed E-state index contributed by atoms with van der Waals surface area (Å²) in [4.78, 5) is 63.8. The Balaban J connectivity index is 2.01. The van der Waals surface area contributed by atoms with Gasteiger partial charge in [-0.15, -0.1) is 0 Å². The highest BCUT2D eigenvalue weighted by molar-refractivity contribution is 6.01. The molecule has 12 nitrogen and oxygen atoms in total. The third-order valence-corrected chi connectivity index (χ3v) is 5.68. The number of nitrogen functional groups attached to an aromatic ring is 1. The van der Waals surface area contributed by atoms with E-state index in [1.807, 2.05) is 13.8 Å².